The molecule has 0 radical (unpaired) electrons. The number of benzene rings is 2. The SMILES string of the molecule is CNCCC(c1ccc(C)c(C)c1)c1cc(C)ccc1C. The summed E-state index contributed by atoms with van der Waals surface area (Å²) < 4.78 is 0. The van der Waals surface area contributed by atoms with Gasteiger partial charge < -0.3 is 5.32 Å². The Morgan fingerprint density at radius 1 is 0.857 bits per heavy atom. The van der Waals surface area contributed by atoms with Crippen LogP contribution in [0.1, 0.15) is 45.7 Å². The van der Waals surface area contributed by atoms with Gasteiger partial charge in [-0.2, -0.15) is 0 Å². The first kappa shape index (κ1) is 15.8. The standard InChI is InChI=1S/C20H27N/c1-14-6-7-16(3)20(12-14)19(10-11-21-5)18-9-8-15(2)17(4)13-18/h6-9,12-13,19,21H,10-11H2,1-5H3. The molecule has 0 heterocycles. The number of rotatable bonds is 5. The molecule has 2 aromatic carbocycles. The van der Waals surface area contributed by atoms with Crippen molar-refractivity contribution < 1.29 is 0 Å². The summed E-state index contributed by atoms with van der Waals surface area (Å²) >= 11 is 0. The highest BCUT2D eigenvalue weighted by Crippen LogP contribution is 2.31. The monoisotopic (exact) mass is 281 g/mol. The molecule has 0 aromatic heterocycles. The van der Waals surface area contributed by atoms with Crippen molar-refractivity contribution in [2.45, 2.75) is 40.0 Å². The Bertz CT molecular complexity index is 613. The molecule has 0 aliphatic rings. The summed E-state index contributed by atoms with van der Waals surface area (Å²) in [4.78, 5) is 0. The fourth-order valence-corrected chi connectivity index (χ4v) is 2.91. The van der Waals surface area contributed by atoms with Gasteiger partial charge in [-0.15, -0.1) is 0 Å². The van der Waals surface area contributed by atoms with Crippen LogP contribution in [0.4, 0.5) is 0 Å². The molecule has 112 valence electrons. The topological polar surface area (TPSA) is 12.0 Å². The van der Waals surface area contributed by atoms with Crippen molar-refractivity contribution in [2.75, 3.05) is 13.6 Å². The number of hydrogen-bond donors (Lipinski definition) is 1. The maximum Gasteiger partial charge on any atom is 0.0104 e. The highest BCUT2D eigenvalue weighted by atomic mass is 14.8. The van der Waals surface area contributed by atoms with Crippen LogP contribution in [-0.2, 0) is 0 Å². The molecule has 0 saturated heterocycles. The van der Waals surface area contributed by atoms with E-state index in [9.17, 15) is 0 Å². The van der Waals surface area contributed by atoms with Crippen LogP contribution in [0.15, 0.2) is 36.4 Å². The molecule has 0 amide bonds. The van der Waals surface area contributed by atoms with E-state index in [1.165, 1.54) is 33.4 Å². The minimum absolute atomic E-state index is 0.469. The van der Waals surface area contributed by atoms with Gasteiger partial charge in [0.25, 0.3) is 0 Å². The first-order valence-corrected chi connectivity index (χ1v) is 7.82. The smallest absolute Gasteiger partial charge is 0.0104 e. The molecule has 0 saturated carbocycles. The van der Waals surface area contributed by atoms with Gasteiger partial charge in [0.15, 0.2) is 0 Å². The molecule has 0 aliphatic heterocycles. The summed E-state index contributed by atoms with van der Waals surface area (Å²) in [5.41, 5.74) is 8.38. The molecule has 0 spiro atoms. The van der Waals surface area contributed by atoms with Crippen molar-refractivity contribution >= 4 is 0 Å². The third kappa shape index (κ3) is 3.74. The van der Waals surface area contributed by atoms with E-state index in [4.69, 9.17) is 0 Å². The molecule has 1 unspecified atom stereocenters. The van der Waals surface area contributed by atoms with Crippen molar-refractivity contribution in [3.8, 4) is 0 Å². The zero-order valence-corrected chi connectivity index (χ0v) is 14.0. The Kier molecular flexibility index (Phi) is 5.19. The highest BCUT2D eigenvalue weighted by molar-refractivity contribution is 5.42. The van der Waals surface area contributed by atoms with Gasteiger partial charge >= 0.3 is 0 Å². The van der Waals surface area contributed by atoms with E-state index in [1.54, 1.807) is 0 Å². The third-order valence-corrected chi connectivity index (χ3v) is 4.43. The van der Waals surface area contributed by atoms with E-state index >= 15 is 0 Å². The van der Waals surface area contributed by atoms with Crippen LogP contribution < -0.4 is 5.32 Å². The second-order valence-electron chi connectivity index (χ2n) is 6.15. The molecule has 0 bridgehead atoms. The Balaban J connectivity index is 2.46. The molecule has 2 rings (SSSR count). The molecule has 1 atom stereocenters. The van der Waals surface area contributed by atoms with Gasteiger partial charge in [0.2, 0.25) is 0 Å². The van der Waals surface area contributed by atoms with Crippen molar-refractivity contribution in [1.29, 1.82) is 0 Å². The lowest BCUT2D eigenvalue weighted by Gasteiger charge is -2.21. The maximum atomic E-state index is 3.30. The van der Waals surface area contributed by atoms with Crippen molar-refractivity contribution in [2.24, 2.45) is 0 Å². The van der Waals surface area contributed by atoms with E-state index in [1.807, 2.05) is 7.05 Å². The van der Waals surface area contributed by atoms with E-state index in [0.29, 0.717) is 5.92 Å². The molecule has 0 fully saturated rings. The number of nitrogens with one attached hydrogen (secondary N) is 1. The molecule has 1 N–H and O–H groups in total. The lowest BCUT2D eigenvalue weighted by molar-refractivity contribution is 0.658. The number of hydrogen-bond acceptors (Lipinski definition) is 1. The molecular formula is C20H27N. The second kappa shape index (κ2) is 6.91. The Hall–Kier alpha value is -1.60. The first-order chi connectivity index (χ1) is 10.0. The maximum absolute atomic E-state index is 3.30. The van der Waals surface area contributed by atoms with Gasteiger partial charge in [0.1, 0.15) is 0 Å². The predicted octanol–water partition coefficient (Wildman–Crippen LogP) is 4.66. The zero-order chi connectivity index (χ0) is 15.4. The van der Waals surface area contributed by atoms with Gasteiger partial charge in [-0.25, -0.2) is 0 Å². The molecular weight excluding hydrogens is 254 g/mol. The van der Waals surface area contributed by atoms with Crippen LogP contribution in [0.3, 0.4) is 0 Å². The lowest BCUT2D eigenvalue weighted by atomic mass is 9.84. The van der Waals surface area contributed by atoms with Crippen molar-refractivity contribution in [3.05, 3.63) is 69.8 Å². The zero-order valence-electron chi connectivity index (χ0n) is 14.0. The van der Waals surface area contributed by atoms with Gasteiger partial charge in [0.05, 0.1) is 0 Å². The van der Waals surface area contributed by atoms with Crippen LogP contribution in [0.2, 0.25) is 0 Å². The van der Waals surface area contributed by atoms with Crippen molar-refractivity contribution in [3.63, 3.8) is 0 Å². The van der Waals surface area contributed by atoms with E-state index in [0.717, 1.165) is 13.0 Å². The average molecular weight is 281 g/mol. The molecule has 21 heavy (non-hydrogen) atoms. The second-order valence-corrected chi connectivity index (χ2v) is 6.15. The van der Waals surface area contributed by atoms with Crippen LogP contribution in [-0.4, -0.2) is 13.6 Å². The normalized spacial score (nSPS) is 12.4. The quantitative estimate of drug-likeness (QED) is 0.840. The summed E-state index contributed by atoms with van der Waals surface area (Å²) in [6.45, 7) is 9.82. The largest absolute Gasteiger partial charge is 0.320 e. The highest BCUT2D eigenvalue weighted by Gasteiger charge is 2.16. The Labute approximate surface area is 129 Å². The molecule has 1 nitrogen and oxygen atoms in total. The lowest BCUT2D eigenvalue weighted by Crippen LogP contribution is -2.14. The summed E-state index contributed by atoms with van der Waals surface area (Å²) in [7, 11) is 2.03. The summed E-state index contributed by atoms with van der Waals surface area (Å²) in [5.74, 6) is 0.469. The summed E-state index contributed by atoms with van der Waals surface area (Å²) in [6.07, 6.45) is 1.13. The fourth-order valence-electron chi connectivity index (χ4n) is 2.91. The van der Waals surface area contributed by atoms with E-state index in [-0.39, 0.29) is 0 Å². The molecule has 0 aliphatic carbocycles. The molecule has 1 heteroatoms. The van der Waals surface area contributed by atoms with Gasteiger partial charge in [-0.1, -0.05) is 42.0 Å². The van der Waals surface area contributed by atoms with Gasteiger partial charge in [-0.3, -0.25) is 0 Å². The van der Waals surface area contributed by atoms with Crippen LogP contribution in [0.5, 0.6) is 0 Å². The minimum atomic E-state index is 0.469. The van der Waals surface area contributed by atoms with Gasteiger partial charge in [0, 0.05) is 5.92 Å². The summed E-state index contributed by atoms with van der Waals surface area (Å²) in [6, 6.07) is 13.7. The minimum Gasteiger partial charge on any atom is -0.320 e. The fraction of sp³-hybridized carbons (Fsp3) is 0.400. The first-order valence-electron chi connectivity index (χ1n) is 7.82. The van der Waals surface area contributed by atoms with Crippen LogP contribution in [0, 0.1) is 27.7 Å². The van der Waals surface area contributed by atoms with Crippen LogP contribution >= 0.6 is 0 Å². The Morgan fingerprint density at radius 3 is 2.24 bits per heavy atom. The van der Waals surface area contributed by atoms with Crippen LogP contribution in [0.25, 0.3) is 0 Å². The van der Waals surface area contributed by atoms with E-state index < -0.39 is 0 Å². The molecule has 2 aromatic rings. The Morgan fingerprint density at radius 2 is 1.57 bits per heavy atom. The average Bonchev–Trinajstić information content (AvgIpc) is 2.46. The van der Waals surface area contributed by atoms with Crippen molar-refractivity contribution in [1.82, 2.24) is 5.32 Å². The third-order valence-electron chi connectivity index (χ3n) is 4.43. The summed E-state index contributed by atoms with van der Waals surface area (Å²) in [5, 5.41) is 3.30. The van der Waals surface area contributed by atoms with Gasteiger partial charge in [-0.05, 0) is 75.5 Å². The number of aryl methyl sites for hydroxylation is 4. The van der Waals surface area contributed by atoms with E-state index in [2.05, 4.69) is 69.4 Å². The predicted molar refractivity (Wildman–Crippen MR) is 92.2 cm³/mol.